The lowest BCUT2D eigenvalue weighted by molar-refractivity contribution is -0.125. The number of anilines is 1. The monoisotopic (exact) mass is 372 g/mol. The van der Waals surface area contributed by atoms with E-state index < -0.39 is 6.10 Å². The average molecular weight is 372 g/mol. The van der Waals surface area contributed by atoms with Gasteiger partial charge >= 0.3 is 0 Å². The molecular formula is C19H20N2O4S. The highest BCUT2D eigenvalue weighted by molar-refractivity contribution is 7.98. The number of carbonyl (C=O) groups excluding carboxylic acids is 1. The Balaban J connectivity index is 1.69. The molecule has 1 N–H and O–H groups in total. The van der Waals surface area contributed by atoms with E-state index in [-0.39, 0.29) is 5.91 Å². The lowest BCUT2D eigenvalue weighted by Crippen LogP contribution is -2.28. The van der Waals surface area contributed by atoms with Gasteiger partial charge in [-0.15, -0.1) is 11.8 Å². The lowest BCUT2D eigenvalue weighted by atomic mass is 10.0. The van der Waals surface area contributed by atoms with E-state index in [0.717, 1.165) is 16.1 Å². The molecule has 0 aromatic heterocycles. The Morgan fingerprint density at radius 3 is 2.69 bits per heavy atom. The predicted octanol–water partition coefficient (Wildman–Crippen LogP) is 3.56. The maximum atomic E-state index is 12.5. The lowest BCUT2D eigenvalue weighted by Gasteiger charge is -2.12. The fraction of sp³-hybridized carbons (Fsp3) is 0.263. The number of ether oxygens (including phenoxy) is 2. The van der Waals surface area contributed by atoms with Crippen LogP contribution in [0.5, 0.6) is 11.5 Å². The Hall–Kier alpha value is -2.67. The Morgan fingerprint density at radius 1 is 1.19 bits per heavy atom. The largest absolute Gasteiger partial charge is 0.493 e. The minimum Gasteiger partial charge on any atom is -0.493 e. The first-order valence-corrected chi connectivity index (χ1v) is 9.27. The van der Waals surface area contributed by atoms with Gasteiger partial charge in [0, 0.05) is 16.9 Å². The van der Waals surface area contributed by atoms with Gasteiger partial charge < -0.3 is 19.6 Å². The maximum absolute atomic E-state index is 12.5. The number of hydrogen-bond donors (Lipinski definition) is 1. The molecule has 0 unspecified atom stereocenters. The number of amides is 1. The molecule has 136 valence electrons. The Morgan fingerprint density at radius 2 is 1.96 bits per heavy atom. The van der Waals surface area contributed by atoms with Crippen LogP contribution in [0.2, 0.25) is 0 Å². The zero-order valence-corrected chi connectivity index (χ0v) is 15.6. The molecule has 1 heterocycles. The van der Waals surface area contributed by atoms with Crippen molar-refractivity contribution in [3.05, 3.63) is 48.0 Å². The zero-order valence-electron chi connectivity index (χ0n) is 14.8. The summed E-state index contributed by atoms with van der Waals surface area (Å²) in [6.45, 7) is 0. The first kappa shape index (κ1) is 18.1. The van der Waals surface area contributed by atoms with E-state index in [1.165, 1.54) is 0 Å². The van der Waals surface area contributed by atoms with Crippen molar-refractivity contribution in [3.8, 4) is 11.5 Å². The van der Waals surface area contributed by atoms with E-state index in [2.05, 4.69) is 10.5 Å². The molecule has 1 amide bonds. The summed E-state index contributed by atoms with van der Waals surface area (Å²) in [5, 5.41) is 6.99. The molecule has 1 aliphatic heterocycles. The molecule has 0 fully saturated rings. The third kappa shape index (κ3) is 3.77. The van der Waals surface area contributed by atoms with Crippen molar-refractivity contribution < 1.29 is 19.1 Å². The van der Waals surface area contributed by atoms with E-state index in [1.54, 1.807) is 32.0 Å². The highest BCUT2D eigenvalue weighted by atomic mass is 32.2. The first-order chi connectivity index (χ1) is 12.7. The molecular weight excluding hydrogens is 352 g/mol. The van der Waals surface area contributed by atoms with Crippen LogP contribution < -0.4 is 14.8 Å². The van der Waals surface area contributed by atoms with Gasteiger partial charge in [0.05, 0.1) is 25.6 Å². The molecule has 3 rings (SSSR count). The molecule has 26 heavy (non-hydrogen) atoms. The Bertz CT molecular complexity index is 838. The molecule has 0 saturated heterocycles. The summed E-state index contributed by atoms with van der Waals surface area (Å²) < 4.78 is 10.6. The minimum atomic E-state index is -0.659. The molecule has 6 nitrogen and oxygen atoms in total. The van der Waals surface area contributed by atoms with Crippen molar-refractivity contribution in [2.45, 2.75) is 17.4 Å². The second-order valence-electron chi connectivity index (χ2n) is 5.60. The van der Waals surface area contributed by atoms with Crippen LogP contribution in [0.3, 0.4) is 0 Å². The summed E-state index contributed by atoms with van der Waals surface area (Å²) in [7, 11) is 3.16. The van der Waals surface area contributed by atoms with E-state index in [0.29, 0.717) is 23.6 Å². The van der Waals surface area contributed by atoms with Gasteiger partial charge in [-0.1, -0.05) is 17.3 Å². The zero-order chi connectivity index (χ0) is 18.5. The molecule has 0 bridgehead atoms. The van der Waals surface area contributed by atoms with Crippen molar-refractivity contribution in [1.82, 2.24) is 0 Å². The summed E-state index contributed by atoms with van der Waals surface area (Å²) in [5.41, 5.74) is 2.31. The summed E-state index contributed by atoms with van der Waals surface area (Å²) in [5.74, 6) is 1.03. The molecule has 2 aromatic rings. The van der Waals surface area contributed by atoms with Gasteiger partial charge in [0.2, 0.25) is 6.10 Å². The van der Waals surface area contributed by atoms with Crippen molar-refractivity contribution in [3.63, 3.8) is 0 Å². The number of nitrogens with one attached hydrogen (secondary N) is 1. The van der Waals surface area contributed by atoms with E-state index >= 15 is 0 Å². The summed E-state index contributed by atoms with van der Waals surface area (Å²) in [4.78, 5) is 18.9. The average Bonchev–Trinajstić information content (AvgIpc) is 3.18. The highest BCUT2D eigenvalue weighted by Crippen LogP contribution is 2.30. The highest BCUT2D eigenvalue weighted by Gasteiger charge is 2.29. The summed E-state index contributed by atoms with van der Waals surface area (Å²) in [6, 6.07) is 13.1. The van der Waals surface area contributed by atoms with Gasteiger partial charge in [-0.2, -0.15) is 0 Å². The fourth-order valence-corrected chi connectivity index (χ4v) is 3.22. The number of methoxy groups -OCH3 is 2. The standard InChI is InChI=1S/C19H20N2O4S/c1-23-15-9-8-12(10-16(15)24-2)14-11-17(25-21-14)19(22)20-13-6-4-5-7-18(13)26-3/h4-10,17H,11H2,1-3H3,(H,20,22)/t17-/m0/s1. The maximum Gasteiger partial charge on any atom is 0.268 e. The second-order valence-corrected chi connectivity index (χ2v) is 6.44. The SMILES string of the molecule is COc1ccc(C2=NO[C@H](C(=O)Nc3ccccc3SC)C2)cc1OC. The Labute approximate surface area is 156 Å². The predicted molar refractivity (Wildman–Crippen MR) is 102 cm³/mol. The molecule has 2 aromatic carbocycles. The minimum absolute atomic E-state index is 0.217. The molecule has 0 saturated carbocycles. The third-order valence-corrected chi connectivity index (χ3v) is 4.84. The number of benzene rings is 2. The smallest absolute Gasteiger partial charge is 0.268 e. The van der Waals surface area contributed by atoms with Gasteiger partial charge in [0.1, 0.15) is 0 Å². The summed E-state index contributed by atoms with van der Waals surface area (Å²) >= 11 is 1.57. The molecule has 0 aliphatic carbocycles. The van der Waals surface area contributed by atoms with E-state index in [1.807, 2.05) is 42.7 Å². The van der Waals surface area contributed by atoms with Crippen LogP contribution in [0.25, 0.3) is 0 Å². The van der Waals surface area contributed by atoms with Crippen LogP contribution >= 0.6 is 11.8 Å². The van der Waals surface area contributed by atoms with Crippen LogP contribution in [0, 0.1) is 0 Å². The molecule has 1 aliphatic rings. The van der Waals surface area contributed by atoms with Crippen molar-refractivity contribution >= 4 is 29.1 Å². The number of hydrogen-bond acceptors (Lipinski definition) is 6. The van der Waals surface area contributed by atoms with Gasteiger partial charge in [-0.05, 0) is 36.6 Å². The topological polar surface area (TPSA) is 69.2 Å². The van der Waals surface area contributed by atoms with Gasteiger partial charge in [0.15, 0.2) is 11.5 Å². The van der Waals surface area contributed by atoms with Gasteiger partial charge in [0.25, 0.3) is 5.91 Å². The summed E-state index contributed by atoms with van der Waals surface area (Å²) in [6.07, 6.45) is 1.70. The fourth-order valence-electron chi connectivity index (χ4n) is 2.67. The number of nitrogens with zero attached hydrogens (tertiary/aromatic N) is 1. The number of thioether (sulfide) groups is 1. The van der Waals surface area contributed by atoms with Crippen molar-refractivity contribution in [2.75, 3.05) is 25.8 Å². The van der Waals surface area contributed by atoms with Crippen LogP contribution in [-0.4, -0.2) is 38.2 Å². The quantitative estimate of drug-likeness (QED) is 0.785. The number of para-hydroxylation sites is 1. The van der Waals surface area contributed by atoms with Gasteiger partial charge in [-0.3, -0.25) is 4.79 Å². The number of oxime groups is 1. The van der Waals surface area contributed by atoms with Crippen LogP contribution in [0.15, 0.2) is 52.5 Å². The van der Waals surface area contributed by atoms with Crippen LogP contribution in [-0.2, 0) is 9.63 Å². The van der Waals surface area contributed by atoms with Gasteiger partial charge in [-0.25, -0.2) is 0 Å². The molecule has 1 atom stereocenters. The molecule has 0 spiro atoms. The van der Waals surface area contributed by atoms with Crippen molar-refractivity contribution in [1.29, 1.82) is 0 Å². The number of rotatable bonds is 6. The Kier molecular flexibility index (Phi) is 5.68. The van der Waals surface area contributed by atoms with Crippen LogP contribution in [0.4, 0.5) is 5.69 Å². The molecule has 7 heteroatoms. The normalized spacial score (nSPS) is 15.8. The number of carbonyl (C=O) groups is 1. The molecule has 0 radical (unpaired) electrons. The van der Waals surface area contributed by atoms with E-state index in [4.69, 9.17) is 14.3 Å². The van der Waals surface area contributed by atoms with E-state index in [9.17, 15) is 4.79 Å². The second kappa shape index (κ2) is 8.14. The third-order valence-electron chi connectivity index (χ3n) is 4.04. The van der Waals surface area contributed by atoms with Crippen molar-refractivity contribution in [2.24, 2.45) is 5.16 Å². The van der Waals surface area contributed by atoms with Crippen LogP contribution in [0.1, 0.15) is 12.0 Å². The first-order valence-electron chi connectivity index (χ1n) is 8.05.